The largest absolute Gasteiger partial charge is 0.494 e. The summed E-state index contributed by atoms with van der Waals surface area (Å²) in [5.74, 6) is 2.60. The molecule has 0 saturated carbocycles. The Morgan fingerprint density at radius 1 is 1.19 bits per heavy atom. The zero-order valence-electron chi connectivity index (χ0n) is 15.3. The Morgan fingerprint density at radius 3 is 2.54 bits per heavy atom. The molecule has 8 heteroatoms. The molecular weight excluding hydrogens is 450 g/mol. The molecule has 2 N–H and O–H groups in total. The van der Waals surface area contributed by atoms with Crippen molar-refractivity contribution in [2.24, 2.45) is 4.99 Å². The van der Waals surface area contributed by atoms with Crippen molar-refractivity contribution < 1.29 is 13.5 Å². The Kier molecular flexibility index (Phi) is 10.0. The number of unbranched alkanes of at least 4 members (excludes halogenated alkanes) is 1. The predicted octanol–water partition coefficient (Wildman–Crippen LogP) is 3.57. The first kappa shape index (κ1) is 22.2. The van der Waals surface area contributed by atoms with Crippen LogP contribution in [0, 0.1) is 19.7 Å². The van der Waals surface area contributed by atoms with Gasteiger partial charge < -0.3 is 19.8 Å². The van der Waals surface area contributed by atoms with Crippen LogP contribution in [-0.2, 0) is 6.54 Å². The molecule has 0 aliphatic heterocycles. The van der Waals surface area contributed by atoms with Crippen molar-refractivity contribution in [1.29, 1.82) is 0 Å². The van der Waals surface area contributed by atoms with Crippen LogP contribution in [0.25, 0.3) is 0 Å². The van der Waals surface area contributed by atoms with Gasteiger partial charge in [-0.3, -0.25) is 4.99 Å². The summed E-state index contributed by atoms with van der Waals surface area (Å²) >= 11 is 0. The molecule has 26 heavy (non-hydrogen) atoms. The average Bonchev–Trinajstić information content (AvgIpc) is 2.93. The fourth-order valence-corrected chi connectivity index (χ4v) is 2.15. The van der Waals surface area contributed by atoms with Crippen molar-refractivity contribution in [1.82, 2.24) is 15.6 Å². The number of aryl methyl sites for hydroxylation is 2. The number of ether oxygens (including phenoxy) is 1. The third-order valence-electron chi connectivity index (χ3n) is 3.65. The first-order valence-electron chi connectivity index (χ1n) is 8.34. The summed E-state index contributed by atoms with van der Waals surface area (Å²) in [4.78, 5) is 8.48. The highest BCUT2D eigenvalue weighted by molar-refractivity contribution is 14.0. The Hall–Kier alpha value is -1.84. The smallest absolute Gasteiger partial charge is 0.214 e. The van der Waals surface area contributed by atoms with E-state index in [9.17, 15) is 4.39 Å². The van der Waals surface area contributed by atoms with Gasteiger partial charge in [-0.15, -0.1) is 24.0 Å². The van der Waals surface area contributed by atoms with E-state index in [4.69, 9.17) is 9.15 Å². The molecule has 0 aliphatic rings. The predicted molar refractivity (Wildman–Crippen MR) is 111 cm³/mol. The number of aromatic nitrogens is 1. The number of halogens is 2. The number of benzene rings is 1. The second-order valence-corrected chi connectivity index (χ2v) is 5.61. The van der Waals surface area contributed by atoms with Gasteiger partial charge in [0.05, 0.1) is 18.8 Å². The summed E-state index contributed by atoms with van der Waals surface area (Å²) in [6.07, 6.45) is 1.82. The minimum absolute atomic E-state index is 0. The van der Waals surface area contributed by atoms with Gasteiger partial charge in [0.25, 0.3) is 0 Å². The van der Waals surface area contributed by atoms with Gasteiger partial charge in [-0.25, -0.2) is 9.37 Å². The average molecular weight is 476 g/mol. The lowest BCUT2D eigenvalue weighted by Crippen LogP contribution is -2.37. The van der Waals surface area contributed by atoms with Crippen LogP contribution in [0.1, 0.15) is 30.2 Å². The quantitative estimate of drug-likeness (QED) is 0.264. The van der Waals surface area contributed by atoms with Crippen LogP contribution in [0.4, 0.5) is 4.39 Å². The first-order chi connectivity index (χ1) is 12.1. The summed E-state index contributed by atoms with van der Waals surface area (Å²) in [6.45, 7) is 5.67. The summed E-state index contributed by atoms with van der Waals surface area (Å²) in [6, 6.07) is 6.05. The monoisotopic (exact) mass is 476 g/mol. The van der Waals surface area contributed by atoms with Crippen molar-refractivity contribution >= 4 is 29.9 Å². The van der Waals surface area contributed by atoms with Crippen molar-refractivity contribution in [2.45, 2.75) is 33.2 Å². The Morgan fingerprint density at radius 2 is 1.92 bits per heavy atom. The molecule has 1 heterocycles. The second-order valence-electron chi connectivity index (χ2n) is 5.61. The minimum atomic E-state index is -0.259. The highest BCUT2D eigenvalue weighted by atomic mass is 127. The van der Waals surface area contributed by atoms with Gasteiger partial charge in [-0.1, -0.05) is 0 Å². The van der Waals surface area contributed by atoms with Crippen LogP contribution in [0.5, 0.6) is 5.75 Å². The second kappa shape index (κ2) is 11.7. The molecule has 144 valence electrons. The maximum atomic E-state index is 12.8. The molecule has 0 spiro atoms. The summed E-state index contributed by atoms with van der Waals surface area (Å²) in [5, 5.41) is 6.40. The van der Waals surface area contributed by atoms with Gasteiger partial charge in [-0.05, 0) is 51.0 Å². The number of aliphatic imine (C=N–C) groups is 1. The first-order valence-corrected chi connectivity index (χ1v) is 8.34. The van der Waals surface area contributed by atoms with Crippen molar-refractivity contribution in [3.05, 3.63) is 47.4 Å². The molecule has 1 aromatic carbocycles. The highest BCUT2D eigenvalue weighted by Gasteiger charge is 2.06. The highest BCUT2D eigenvalue weighted by Crippen LogP contribution is 2.11. The fraction of sp³-hybridized carbons (Fsp3) is 0.444. The Bertz CT molecular complexity index is 669. The standard InChI is InChI=1S/C18H25FN4O2.HI/c1-13-14(2)25-17(23-13)12-22-18(20-3)21-10-4-5-11-24-16-8-6-15(19)7-9-16;/h6-9H,4-5,10-12H2,1-3H3,(H2,20,21,22);1H. The molecule has 6 nitrogen and oxygen atoms in total. The van der Waals surface area contributed by atoms with E-state index in [1.165, 1.54) is 12.1 Å². The van der Waals surface area contributed by atoms with Crippen LogP contribution in [0.2, 0.25) is 0 Å². The van der Waals surface area contributed by atoms with Crippen LogP contribution in [0.15, 0.2) is 33.7 Å². The van der Waals surface area contributed by atoms with Crippen LogP contribution < -0.4 is 15.4 Å². The molecule has 0 bridgehead atoms. The van der Waals surface area contributed by atoms with Crippen molar-refractivity contribution in [3.8, 4) is 5.75 Å². The van der Waals surface area contributed by atoms with E-state index in [2.05, 4.69) is 20.6 Å². The molecule has 0 unspecified atom stereocenters. The SMILES string of the molecule is CN=C(NCCCCOc1ccc(F)cc1)NCc1nc(C)c(C)o1.I. The minimum Gasteiger partial charge on any atom is -0.494 e. The molecular formula is C18H26FIN4O2. The van der Waals surface area contributed by atoms with E-state index >= 15 is 0 Å². The lowest BCUT2D eigenvalue weighted by atomic mass is 10.3. The van der Waals surface area contributed by atoms with Gasteiger partial charge in [0.2, 0.25) is 5.89 Å². The molecule has 0 saturated heterocycles. The maximum absolute atomic E-state index is 12.8. The zero-order valence-corrected chi connectivity index (χ0v) is 17.7. The van der Waals surface area contributed by atoms with Gasteiger partial charge in [0, 0.05) is 13.6 Å². The van der Waals surface area contributed by atoms with Crippen LogP contribution in [0.3, 0.4) is 0 Å². The Labute approximate surface area is 170 Å². The Balaban J connectivity index is 0.00000338. The van der Waals surface area contributed by atoms with E-state index in [1.54, 1.807) is 19.2 Å². The number of hydrogen-bond donors (Lipinski definition) is 2. The van der Waals surface area contributed by atoms with Gasteiger partial charge in [0.15, 0.2) is 5.96 Å². The number of oxazole rings is 1. The fourth-order valence-electron chi connectivity index (χ4n) is 2.15. The van der Waals surface area contributed by atoms with E-state index in [-0.39, 0.29) is 29.8 Å². The number of guanidine groups is 1. The number of nitrogens with one attached hydrogen (secondary N) is 2. The normalized spacial score (nSPS) is 11.0. The lowest BCUT2D eigenvalue weighted by molar-refractivity contribution is 0.306. The number of rotatable bonds is 8. The summed E-state index contributed by atoms with van der Waals surface area (Å²) in [7, 11) is 1.72. The maximum Gasteiger partial charge on any atom is 0.214 e. The van der Waals surface area contributed by atoms with Crippen molar-refractivity contribution in [3.63, 3.8) is 0 Å². The number of nitrogens with zero attached hydrogens (tertiary/aromatic N) is 2. The summed E-state index contributed by atoms with van der Waals surface area (Å²) in [5.41, 5.74) is 0.904. The van der Waals surface area contributed by atoms with Gasteiger partial charge >= 0.3 is 0 Å². The molecule has 0 fully saturated rings. The third kappa shape index (κ3) is 7.59. The lowest BCUT2D eigenvalue weighted by Gasteiger charge is -2.11. The van der Waals surface area contributed by atoms with Gasteiger partial charge in [-0.2, -0.15) is 0 Å². The van der Waals surface area contributed by atoms with Crippen LogP contribution in [-0.4, -0.2) is 31.1 Å². The van der Waals surface area contributed by atoms with Gasteiger partial charge in [0.1, 0.15) is 17.3 Å². The topological polar surface area (TPSA) is 71.7 Å². The van der Waals surface area contributed by atoms with E-state index in [0.717, 1.165) is 30.8 Å². The van der Waals surface area contributed by atoms with E-state index in [0.29, 0.717) is 30.8 Å². The van der Waals surface area contributed by atoms with E-state index < -0.39 is 0 Å². The third-order valence-corrected chi connectivity index (χ3v) is 3.65. The molecule has 0 amide bonds. The zero-order chi connectivity index (χ0) is 18.1. The molecule has 2 aromatic rings. The van der Waals surface area contributed by atoms with E-state index in [1.807, 2.05) is 13.8 Å². The molecule has 0 aliphatic carbocycles. The van der Waals surface area contributed by atoms with Crippen LogP contribution >= 0.6 is 24.0 Å². The molecule has 0 radical (unpaired) electrons. The van der Waals surface area contributed by atoms with Crippen molar-refractivity contribution in [2.75, 3.05) is 20.2 Å². The molecule has 0 atom stereocenters. The molecule has 1 aromatic heterocycles. The number of hydrogen-bond acceptors (Lipinski definition) is 4. The summed E-state index contributed by atoms with van der Waals surface area (Å²) < 4.78 is 23.9. The molecule has 2 rings (SSSR count).